The van der Waals surface area contributed by atoms with Crippen molar-refractivity contribution in [2.45, 2.75) is 13.2 Å². The summed E-state index contributed by atoms with van der Waals surface area (Å²) in [4.78, 5) is 0. The molecule has 2 rings (SSSR count). The summed E-state index contributed by atoms with van der Waals surface area (Å²) in [6.07, 6.45) is 0. The van der Waals surface area contributed by atoms with Crippen LogP contribution in [0.15, 0.2) is 46.9 Å². The molecule has 0 fully saturated rings. The minimum atomic E-state index is -0.265. The van der Waals surface area contributed by atoms with Gasteiger partial charge in [-0.05, 0) is 46.7 Å². The molecule has 2 aromatic carbocycles. The number of halogens is 2. The molecule has 4 heteroatoms. The molecule has 0 spiro atoms. The first kappa shape index (κ1) is 14.0. The Hall–Kier alpha value is -1.39. The first-order chi connectivity index (χ1) is 9.20. The summed E-state index contributed by atoms with van der Waals surface area (Å²) in [5.41, 5.74) is 2.03. The fraction of sp³-hybridized carbons (Fsp3) is 0.200. The summed E-state index contributed by atoms with van der Waals surface area (Å²) in [7, 11) is 1.90. The zero-order valence-corrected chi connectivity index (χ0v) is 12.2. The molecule has 0 amide bonds. The van der Waals surface area contributed by atoms with E-state index in [-0.39, 0.29) is 5.82 Å². The highest BCUT2D eigenvalue weighted by molar-refractivity contribution is 9.10. The maximum absolute atomic E-state index is 13.1. The van der Waals surface area contributed by atoms with Gasteiger partial charge in [0, 0.05) is 12.1 Å². The SMILES string of the molecule is CNCc1ccccc1OCc1ccc(F)c(Br)c1. The third kappa shape index (κ3) is 3.78. The Morgan fingerprint density at radius 1 is 1.21 bits per heavy atom. The van der Waals surface area contributed by atoms with E-state index in [0.717, 1.165) is 23.4 Å². The quantitative estimate of drug-likeness (QED) is 0.901. The highest BCUT2D eigenvalue weighted by Crippen LogP contribution is 2.21. The third-order valence-electron chi connectivity index (χ3n) is 2.72. The van der Waals surface area contributed by atoms with Crippen molar-refractivity contribution in [2.24, 2.45) is 0 Å². The lowest BCUT2D eigenvalue weighted by atomic mass is 10.2. The molecule has 1 N–H and O–H groups in total. The van der Waals surface area contributed by atoms with Crippen molar-refractivity contribution >= 4 is 15.9 Å². The maximum atomic E-state index is 13.1. The van der Waals surface area contributed by atoms with Gasteiger partial charge in [0.25, 0.3) is 0 Å². The third-order valence-corrected chi connectivity index (χ3v) is 3.33. The molecule has 0 heterocycles. The average molecular weight is 324 g/mol. The first-order valence-electron chi connectivity index (χ1n) is 6.00. The van der Waals surface area contributed by atoms with Gasteiger partial charge in [-0.1, -0.05) is 24.3 Å². The Morgan fingerprint density at radius 3 is 2.74 bits per heavy atom. The summed E-state index contributed by atoms with van der Waals surface area (Å²) in [5.74, 6) is 0.580. The van der Waals surface area contributed by atoms with Gasteiger partial charge in [-0.25, -0.2) is 4.39 Å². The molecule has 0 saturated heterocycles. The Morgan fingerprint density at radius 2 is 2.00 bits per heavy atom. The standard InChI is InChI=1S/C15H15BrFNO/c1-18-9-12-4-2-3-5-15(12)19-10-11-6-7-14(17)13(16)8-11/h2-8,18H,9-10H2,1H3. The van der Waals surface area contributed by atoms with Crippen molar-refractivity contribution in [1.29, 1.82) is 0 Å². The molecule has 0 aliphatic heterocycles. The van der Waals surface area contributed by atoms with E-state index < -0.39 is 0 Å². The average Bonchev–Trinajstić information content (AvgIpc) is 2.42. The molecular formula is C15H15BrFNO. The molecule has 100 valence electrons. The number of benzene rings is 2. The highest BCUT2D eigenvalue weighted by Gasteiger charge is 2.04. The summed E-state index contributed by atoms with van der Waals surface area (Å²) in [5, 5.41) is 3.10. The number of nitrogens with one attached hydrogen (secondary N) is 1. The zero-order chi connectivity index (χ0) is 13.7. The molecule has 0 radical (unpaired) electrons. The Balaban J connectivity index is 2.07. The van der Waals surface area contributed by atoms with E-state index in [0.29, 0.717) is 11.1 Å². The number of hydrogen-bond acceptors (Lipinski definition) is 2. The second-order valence-electron chi connectivity index (χ2n) is 4.18. The molecule has 0 aliphatic rings. The Kier molecular flexibility index (Phi) is 4.93. The van der Waals surface area contributed by atoms with Gasteiger partial charge in [0.05, 0.1) is 4.47 Å². The summed E-state index contributed by atoms with van der Waals surface area (Å²) >= 11 is 3.17. The lowest BCUT2D eigenvalue weighted by Crippen LogP contribution is -2.07. The van der Waals surface area contributed by atoms with Gasteiger partial charge < -0.3 is 10.1 Å². The van der Waals surface area contributed by atoms with Crippen LogP contribution in [0.3, 0.4) is 0 Å². The summed E-state index contributed by atoms with van der Waals surface area (Å²) in [6, 6.07) is 12.8. The van der Waals surface area contributed by atoms with Crippen LogP contribution in [-0.2, 0) is 13.2 Å². The van der Waals surface area contributed by atoms with Crippen molar-refractivity contribution in [3.8, 4) is 5.75 Å². The van der Waals surface area contributed by atoms with Crippen LogP contribution in [0.5, 0.6) is 5.75 Å². The predicted molar refractivity (Wildman–Crippen MR) is 77.6 cm³/mol. The van der Waals surface area contributed by atoms with Crippen molar-refractivity contribution in [2.75, 3.05) is 7.05 Å². The van der Waals surface area contributed by atoms with Crippen LogP contribution in [0, 0.1) is 5.82 Å². The van der Waals surface area contributed by atoms with Crippen LogP contribution in [0.1, 0.15) is 11.1 Å². The lowest BCUT2D eigenvalue weighted by Gasteiger charge is -2.11. The lowest BCUT2D eigenvalue weighted by molar-refractivity contribution is 0.302. The second-order valence-corrected chi connectivity index (χ2v) is 5.03. The van der Waals surface area contributed by atoms with Gasteiger partial charge in [-0.15, -0.1) is 0 Å². The van der Waals surface area contributed by atoms with E-state index >= 15 is 0 Å². The zero-order valence-electron chi connectivity index (χ0n) is 10.6. The molecule has 0 aliphatic carbocycles. The topological polar surface area (TPSA) is 21.3 Å². The number of para-hydroxylation sites is 1. The highest BCUT2D eigenvalue weighted by atomic mass is 79.9. The molecule has 0 saturated carbocycles. The molecule has 0 unspecified atom stereocenters. The van der Waals surface area contributed by atoms with Crippen LogP contribution < -0.4 is 10.1 Å². The van der Waals surface area contributed by atoms with Crippen LogP contribution in [0.25, 0.3) is 0 Å². The molecule has 2 aromatic rings. The number of ether oxygens (including phenoxy) is 1. The molecular weight excluding hydrogens is 309 g/mol. The van der Waals surface area contributed by atoms with E-state index in [4.69, 9.17) is 4.74 Å². The summed E-state index contributed by atoms with van der Waals surface area (Å²) in [6.45, 7) is 1.17. The number of hydrogen-bond donors (Lipinski definition) is 1. The van der Waals surface area contributed by atoms with Crippen molar-refractivity contribution in [1.82, 2.24) is 5.32 Å². The van der Waals surface area contributed by atoms with Gasteiger partial charge in [0.2, 0.25) is 0 Å². The minimum Gasteiger partial charge on any atom is -0.489 e. The van der Waals surface area contributed by atoms with Crippen LogP contribution in [0.4, 0.5) is 4.39 Å². The van der Waals surface area contributed by atoms with E-state index in [2.05, 4.69) is 21.2 Å². The van der Waals surface area contributed by atoms with Gasteiger partial charge in [0.1, 0.15) is 18.2 Å². The fourth-order valence-electron chi connectivity index (χ4n) is 1.77. The normalized spacial score (nSPS) is 10.5. The molecule has 19 heavy (non-hydrogen) atoms. The monoisotopic (exact) mass is 323 g/mol. The second kappa shape index (κ2) is 6.68. The van der Waals surface area contributed by atoms with E-state index in [1.54, 1.807) is 12.1 Å². The molecule has 0 aromatic heterocycles. The van der Waals surface area contributed by atoms with Crippen LogP contribution >= 0.6 is 15.9 Å². The predicted octanol–water partition coefficient (Wildman–Crippen LogP) is 3.89. The van der Waals surface area contributed by atoms with E-state index in [1.165, 1.54) is 6.07 Å². The largest absolute Gasteiger partial charge is 0.489 e. The summed E-state index contributed by atoms with van der Waals surface area (Å²) < 4.78 is 19.4. The Bertz CT molecular complexity index is 560. The molecule has 0 bridgehead atoms. The van der Waals surface area contributed by atoms with E-state index in [9.17, 15) is 4.39 Å². The molecule has 2 nitrogen and oxygen atoms in total. The van der Waals surface area contributed by atoms with Gasteiger partial charge >= 0.3 is 0 Å². The first-order valence-corrected chi connectivity index (χ1v) is 6.79. The van der Waals surface area contributed by atoms with E-state index in [1.807, 2.05) is 31.3 Å². The van der Waals surface area contributed by atoms with Crippen LogP contribution in [0.2, 0.25) is 0 Å². The smallest absolute Gasteiger partial charge is 0.137 e. The van der Waals surface area contributed by atoms with Crippen LogP contribution in [-0.4, -0.2) is 7.05 Å². The fourth-order valence-corrected chi connectivity index (χ4v) is 2.20. The van der Waals surface area contributed by atoms with Gasteiger partial charge in [0.15, 0.2) is 0 Å². The number of rotatable bonds is 5. The minimum absolute atomic E-state index is 0.265. The van der Waals surface area contributed by atoms with Crippen molar-refractivity contribution < 1.29 is 9.13 Å². The maximum Gasteiger partial charge on any atom is 0.137 e. The van der Waals surface area contributed by atoms with Gasteiger partial charge in [-0.3, -0.25) is 0 Å². The van der Waals surface area contributed by atoms with Crippen molar-refractivity contribution in [3.05, 3.63) is 63.9 Å². The van der Waals surface area contributed by atoms with Gasteiger partial charge in [-0.2, -0.15) is 0 Å². The Labute approximate surface area is 120 Å². The van der Waals surface area contributed by atoms with Crippen molar-refractivity contribution in [3.63, 3.8) is 0 Å². The molecule has 0 atom stereocenters.